The Morgan fingerprint density at radius 2 is 2.09 bits per heavy atom. The van der Waals surface area contributed by atoms with Gasteiger partial charge in [-0.3, -0.25) is 4.90 Å². The Bertz CT molecular complexity index is 952. The number of methoxy groups -OCH3 is 1. The van der Waals surface area contributed by atoms with Gasteiger partial charge in [0.15, 0.2) is 5.82 Å². The lowest BCUT2D eigenvalue weighted by Crippen LogP contribution is -2.50. The van der Waals surface area contributed by atoms with E-state index in [-0.39, 0.29) is 24.2 Å². The second-order valence-electron chi connectivity index (χ2n) is 8.99. The summed E-state index contributed by atoms with van der Waals surface area (Å²) in [6.07, 6.45) is 5.73. The predicted octanol–water partition coefficient (Wildman–Crippen LogP) is 2.16. The van der Waals surface area contributed by atoms with Gasteiger partial charge in [-0.1, -0.05) is 0 Å². The van der Waals surface area contributed by atoms with E-state index in [1.165, 1.54) is 24.4 Å². The summed E-state index contributed by atoms with van der Waals surface area (Å²) in [7, 11) is -2.36. The largest absolute Gasteiger partial charge is 0.453 e. The fourth-order valence-corrected chi connectivity index (χ4v) is 6.32. The van der Waals surface area contributed by atoms with E-state index in [0.717, 1.165) is 25.7 Å². The molecule has 0 aromatic carbocycles. The molecule has 1 aliphatic heterocycles. The summed E-state index contributed by atoms with van der Waals surface area (Å²) in [4.78, 5) is 22.3. The monoisotopic (exact) mass is 490 g/mol. The second kappa shape index (κ2) is 9.00. The van der Waals surface area contributed by atoms with Crippen molar-refractivity contribution >= 4 is 27.7 Å². The molecule has 1 amide bonds. The molecule has 3 aliphatic rings. The summed E-state index contributed by atoms with van der Waals surface area (Å²) in [5, 5.41) is -0.554. The summed E-state index contributed by atoms with van der Waals surface area (Å²) in [6, 6.07) is -1.22. The standard InChI is InChI=1S/C20H28ClFN4O5S/c1-12-5-16(25-32(28,29)11-21)17(26(12)19(27)30-2)10-31-15-3-4-20(7-13(20)6-15)18-23-8-14(22)9-24-18/h8-9,12-13,15-17,25H,3-7,10-11H2,1-2H3/t12-,13+,15-,16+,17+,20+/m0/s1. The molecule has 3 fully saturated rings. The Balaban J connectivity index is 1.40. The van der Waals surface area contributed by atoms with Crippen LogP contribution in [0.1, 0.15) is 44.9 Å². The molecule has 0 radical (unpaired) electrons. The maximum absolute atomic E-state index is 13.2. The Labute approximate surface area is 192 Å². The van der Waals surface area contributed by atoms with Crippen molar-refractivity contribution in [2.45, 2.75) is 68.7 Å². The quantitative estimate of drug-likeness (QED) is 0.583. The zero-order valence-corrected chi connectivity index (χ0v) is 19.6. The third kappa shape index (κ3) is 4.57. The van der Waals surface area contributed by atoms with E-state index < -0.39 is 39.2 Å². The van der Waals surface area contributed by atoms with E-state index >= 15 is 0 Å². The molecule has 1 N–H and O–H groups in total. The van der Waals surface area contributed by atoms with Crippen molar-refractivity contribution in [2.75, 3.05) is 18.9 Å². The molecule has 1 aromatic rings. The lowest BCUT2D eigenvalue weighted by Gasteiger charge is -2.32. The average molecular weight is 491 g/mol. The van der Waals surface area contributed by atoms with Gasteiger partial charge in [-0.2, -0.15) is 0 Å². The van der Waals surface area contributed by atoms with Crippen molar-refractivity contribution in [1.82, 2.24) is 19.6 Å². The topological polar surface area (TPSA) is 111 Å². The van der Waals surface area contributed by atoms with E-state index in [2.05, 4.69) is 14.7 Å². The molecule has 1 aromatic heterocycles. The predicted molar refractivity (Wildman–Crippen MR) is 114 cm³/mol. The molecule has 12 heteroatoms. The number of hydrogen-bond acceptors (Lipinski definition) is 7. The number of likely N-dealkylation sites (tertiary alicyclic amines) is 1. The molecule has 4 rings (SSSR count). The maximum atomic E-state index is 13.2. The van der Waals surface area contributed by atoms with Crippen LogP contribution in [-0.2, 0) is 24.9 Å². The van der Waals surface area contributed by atoms with E-state index in [9.17, 15) is 17.6 Å². The summed E-state index contributed by atoms with van der Waals surface area (Å²) >= 11 is 5.56. The zero-order valence-electron chi connectivity index (χ0n) is 18.0. The van der Waals surface area contributed by atoms with Crippen molar-refractivity contribution in [2.24, 2.45) is 5.92 Å². The third-order valence-electron chi connectivity index (χ3n) is 7.01. The molecule has 9 nitrogen and oxygen atoms in total. The SMILES string of the molecule is COC(=O)N1[C@H](CO[C@H]2CC[C@@]3(c4ncc(F)cn4)C[C@H]3C2)[C@H](NS(=O)(=O)CCl)C[C@@H]1C. The first-order valence-corrected chi connectivity index (χ1v) is 12.9. The smallest absolute Gasteiger partial charge is 0.410 e. The van der Waals surface area contributed by atoms with E-state index in [1.807, 2.05) is 6.92 Å². The van der Waals surface area contributed by atoms with Gasteiger partial charge in [-0.05, 0) is 44.9 Å². The molecule has 178 valence electrons. The Kier molecular flexibility index (Phi) is 6.63. The van der Waals surface area contributed by atoms with Gasteiger partial charge in [0, 0.05) is 17.5 Å². The lowest BCUT2D eigenvalue weighted by molar-refractivity contribution is -0.0103. The van der Waals surface area contributed by atoms with Gasteiger partial charge in [0.05, 0.1) is 38.3 Å². The highest BCUT2D eigenvalue weighted by molar-refractivity contribution is 7.90. The van der Waals surface area contributed by atoms with Gasteiger partial charge in [0.2, 0.25) is 10.0 Å². The Hall–Kier alpha value is -1.56. The molecule has 0 bridgehead atoms. The van der Waals surface area contributed by atoms with Crippen molar-refractivity contribution in [3.63, 3.8) is 0 Å². The van der Waals surface area contributed by atoms with Crippen LogP contribution >= 0.6 is 11.6 Å². The zero-order chi connectivity index (χ0) is 23.1. The number of sulfonamides is 1. The number of alkyl halides is 1. The number of amides is 1. The molecule has 0 spiro atoms. The molecular weight excluding hydrogens is 463 g/mol. The number of fused-ring (bicyclic) bond motifs is 1. The van der Waals surface area contributed by atoms with Crippen molar-refractivity contribution < 1.29 is 27.1 Å². The van der Waals surface area contributed by atoms with Crippen LogP contribution in [0.25, 0.3) is 0 Å². The van der Waals surface area contributed by atoms with Gasteiger partial charge in [0.25, 0.3) is 0 Å². The van der Waals surface area contributed by atoms with E-state index in [0.29, 0.717) is 18.2 Å². The van der Waals surface area contributed by atoms with Crippen molar-refractivity contribution in [1.29, 1.82) is 0 Å². The van der Waals surface area contributed by atoms with Crippen LogP contribution in [0.3, 0.4) is 0 Å². The second-order valence-corrected chi connectivity index (χ2v) is 11.3. The van der Waals surface area contributed by atoms with E-state index in [4.69, 9.17) is 21.1 Å². The third-order valence-corrected chi connectivity index (χ3v) is 8.82. The van der Waals surface area contributed by atoms with Crippen LogP contribution in [0.4, 0.5) is 9.18 Å². The van der Waals surface area contributed by atoms with Gasteiger partial charge < -0.3 is 9.47 Å². The minimum atomic E-state index is -3.66. The van der Waals surface area contributed by atoms with Crippen LogP contribution in [0.5, 0.6) is 0 Å². The Morgan fingerprint density at radius 3 is 2.72 bits per heavy atom. The molecule has 32 heavy (non-hydrogen) atoms. The first-order chi connectivity index (χ1) is 15.2. The fraction of sp³-hybridized carbons (Fsp3) is 0.750. The first kappa shape index (κ1) is 23.6. The van der Waals surface area contributed by atoms with Crippen LogP contribution in [0, 0.1) is 11.7 Å². The maximum Gasteiger partial charge on any atom is 0.410 e. The van der Waals surface area contributed by atoms with Gasteiger partial charge >= 0.3 is 6.09 Å². The normalized spacial score (nSPS) is 34.2. The van der Waals surface area contributed by atoms with Gasteiger partial charge in [0.1, 0.15) is 11.0 Å². The minimum Gasteiger partial charge on any atom is -0.453 e. The highest BCUT2D eigenvalue weighted by Crippen LogP contribution is 2.61. The number of aromatic nitrogens is 2. The molecule has 1 saturated heterocycles. The van der Waals surface area contributed by atoms with Crippen molar-refractivity contribution in [3.8, 4) is 0 Å². The summed E-state index contributed by atoms with van der Waals surface area (Å²) in [5.41, 5.74) is -0.0913. The first-order valence-electron chi connectivity index (χ1n) is 10.7. The number of carbonyl (C=O) groups excluding carboxylic acids is 1. The minimum absolute atomic E-state index is 0.0169. The molecule has 0 unspecified atom stereocenters. The number of ether oxygens (including phenoxy) is 2. The highest BCUT2D eigenvalue weighted by atomic mass is 35.5. The molecule has 2 aliphatic carbocycles. The summed E-state index contributed by atoms with van der Waals surface area (Å²) < 4.78 is 51.0. The van der Waals surface area contributed by atoms with Crippen LogP contribution in [0.15, 0.2) is 12.4 Å². The Morgan fingerprint density at radius 1 is 1.38 bits per heavy atom. The number of nitrogens with one attached hydrogen (secondary N) is 1. The average Bonchev–Trinajstić information content (AvgIpc) is 3.42. The number of halogens is 2. The molecule has 2 saturated carbocycles. The molecule has 2 heterocycles. The van der Waals surface area contributed by atoms with Gasteiger partial charge in [-0.15, -0.1) is 11.6 Å². The van der Waals surface area contributed by atoms with Gasteiger partial charge in [-0.25, -0.2) is 32.3 Å². The number of hydrogen-bond donors (Lipinski definition) is 1. The van der Waals surface area contributed by atoms with Crippen LogP contribution in [-0.4, -0.2) is 72.5 Å². The number of nitrogens with zero attached hydrogens (tertiary/aromatic N) is 3. The summed E-state index contributed by atoms with van der Waals surface area (Å²) in [5.74, 6) is 0.621. The highest BCUT2D eigenvalue weighted by Gasteiger charge is 2.60. The number of rotatable bonds is 7. The van der Waals surface area contributed by atoms with E-state index in [1.54, 1.807) is 0 Å². The fourth-order valence-electron chi connectivity index (χ4n) is 5.36. The molecular formula is C20H28ClFN4O5S. The van der Waals surface area contributed by atoms with Crippen LogP contribution < -0.4 is 4.72 Å². The summed E-state index contributed by atoms with van der Waals surface area (Å²) in [6.45, 7) is 2.03. The molecule has 6 atom stereocenters. The number of carbonyl (C=O) groups is 1. The van der Waals surface area contributed by atoms with Crippen LogP contribution in [0.2, 0.25) is 0 Å². The lowest BCUT2D eigenvalue weighted by atomic mass is 9.86. The van der Waals surface area contributed by atoms with Crippen molar-refractivity contribution in [3.05, 3.63) is 24.0 Å².